The van der Waals surface area contributed by atoms with Crippen LogP contribution in [-0.4, -0.2) is 56.8 Å². The Bertz CT molecular complexity index is 535. The smallest absolute Gasteiger partial charge is 0.254 e. The quantitative estimate of drug-likeness (QED) is 0.789. The molecule has 1 atom stereocenters. The second kappa shape index (κ2) is 8.78. The van der Waals surface area contributed by atoms with Gasteiger partial charge in [0.25, 0.3) is 5.91 Å². The fourth-order valence-electron chi connectivity index (χ4n) is 2.88. The van der Waals surface area contributed by atoms with Gasteiger partial charge in [-0.3, -0.25) is 4.79 Å². The maximum atomic E-state index is 12.8. The van der Waals surface area contributed by atoms with Crippen molar-refractivity contribution in [3.63, 3.8) is 0 Å². The summed E-state index contributed by atoms with van der Waals surface area (Å²) >= 11 is 0. The number of amides is 1. The zero-order valence-corrected chi connectivity index (χ0v) is 15.1. The lowest BCUT2D eigenvalue weighted by atomic mass is 10.1. The molecule has 1 aliphatic heterocycles. The number of likely N-dealkylation sites (tertiary alicyclic amines) is 1. The summed E-state index contributed by atoms with van der Waals surface area (Å²) in [4.78, 5) is 14.7. The van der Waals surface area contributed by atoms with Crippen molar-refractivity contribution in [1.29, 1.82) is 0 Å². The Labute approximate surface area is 144 Å². The molecular weight excluding hydrogens is 308 g/mol. The summed E-state index contributed by atoms with van der Waals surface area (Å²) in [5.74, 6) is 1.67. The van der Waals surface area contributed by atoms with Gasteiger partial charge < -0.3 is 24.4 Å². The van der Waals surface area contributed by atoms with E-state index >= 15 is 0 Å². The fraction of sp³-hybridized carbons (Fsp3) is 0.611. The lowest BCUT2D eigenvalue weighted by Gasteiger charge is -2.20. The lowest BCUT2D eigenvalue weighted by Crippen LogP contribution is -2.33. The van der Waals surface area contributed by atoms with Gasteiger partial charge in [0.2, 0.25) is 5.75 Å². The van der Waals surface area contributed by atoms with Crippen molar-refractivity contribution >= 4 is 5.91 Å². The molecule has 0 saturated carbocycles. The molecule has 134 valence electrons. The van der Waals surface area contributed by atoms with Crippen molar-refractivity contribution < 1.29 is 19.0 Å². The molecule has 0 radical (unpaired) electrons. The zero-order valence-electron chi connectivity index (χ0n) is 15.1. The summed E-state index contributed by atoms with van der Waals surface area (Å²) in [6.07, 6.45) is 0.968. The molecule has 24 heavy (non-hydrogen) atoms. The van der Waals surface area contributed by atoms with Crippen LogP contribution in [0.1, 0.15) is 37.6 Å². The molecule has 1 fully saturated rings. The van der Waals surface area contributed by atoms with Gasteiger partial charge in [0, 0.05) is 24.7 Å². The third kappa shape index (κ3) is 4.12. The minimum Gasteiger partial charge on any atom is -0.490 e. The molecule has 0 aliphatic carbocycles. The van der Waals surface area contributed by atoms with E-state index in [1.54, 1.807) is 12.1 Å². The van der Waals surface area contributed by atoms with Crippen LogP contribution in [-0.2, 0) is 0 Å². The van der Waals surface area contributed by atoms with Crippen LogP contribution < -0.4 is 19.5 Å². The Balaban J connectivity index is 2.33. The Morgan fingerprint density at radius 2 is 1.71 bits per heavy atom. The van der Waals surface area contributed by atoms with E-state index in [-0.39, 0.29) is 5.91 Å². The molecular formula is C18H28N2O4. The molecule has 1 saturated heterocycles. The van der Waals surface area contributed by atoms with Gasteiger partial charge in [-0.05, 0) is 46.4 Å². The molecule has 0 bridgehead atoms. The van der Waals surface area contributed by atoms with Gasteiger partial charge in [-0.15, -0.1) is 0 Å². The molecule has 6 heteroatoms. The topological polar surface area (TPSA) is 60.0 Å². The highest BCUT2D eigenvalue weighted by Gasteiger charge is 2.27. The van der Waals surface area contributed by atoms with Gasteiger partial charge in [-0.25, -0.2) is 0 Å². The second-order valence-corrected chi connectivity index (χ2v) is 5.63. The van der Waals surface area contributed by atoms with Crippen LogP contribution in [0.2, 0.25) is 0 Å². The van der Waals surface area contributed by atoms with Gasteiger partial charge in [0.05, 0.1) is 19.8 Å². The van der Waals surface area contributed by atoms with Gasteiger partial charge in [0.1, 0.15) is 0 Å². The Hall–Kier alpha value is -1.95. The van der Waals surface area contributed by atoms with Crippen molar-refractivity contribution in [2.45, 2.75) is 33.2 Å². The van der Waals surface area contributed by atoms with Crippen LogP contribution >= 0.6 is 0 Å². The molecule has 0 aromatic heterocycles. The SMILES string of the molecule is CCOc1cc(C(=O)N2CCC(NC)C2)cc(OCC)c1OCC. The van der Waals surface area contributed by atoms with E-state index in [1.165, 1.54) is 0 Å². The van der Waals surface area contributed by atoms with E-state index in [9.17, 15) is 4.79 Å². The molecule has 1 heterocycles. The standard InChI is InChI=1S/C18H28N2O4/c1-5-22-15-10-13(11-16(23-6-2)17(15)24-7-3)18(21)20-9-8-14(12-20)19-4/h10-11,14,19H,5-9,12H2,1-4H3. The van der Waals surface area contributed by atoms with E-state index in [2.05, 4.69) is 5.32 Å². The first-order chi connectivity index (χ1) is 11.6. The van der Waals surface area contributed by atoms with Gasteiger partial charge in [0.15, 0.2) is 11.5 Å². The maximum absolute atomic E-state index is 12.8. The molecule has 1 aromatic carbocycles. The molecule has 1 amide bonds. The predicted molar refractivity (Wildman–Crippen MR) is 93.3 cm³/mol. The van der Waals surface area contributed by atoms with Crippen LogP contribution in [0.5, 0.6) is 17.2 Å². The van der Waals surface area contributed by atoms with Crippen LogP contribution in [0.25, 0.3) is 0 Å². The van der Waals surface area contributed by atoms with Crippen LogP contribution in [0.4, 0.5) is 0 Å². The third-order valence-corrected chi connectivity index (χ3v) is 4.04. The maximum Gasteiger partial charge on any atom is 0.254 e. The number of carbonyl (C=O) groups is 1. The predicted octanol–water partition coefficient (Wildman–Crippen LogP) is 2.32. The number of hydrogen-bond acceptors (Lipinski definition) is 5. The molecule has 2 rings (SSSR count). The first-order valence-electron chi connectivity index (χ1n) is 8.67. The highest BCUT2D eigenvalue weighted by molar-refractivity contribution is 5.96. The summed E-state index contributed by atoms with van der Waals surface area (Å²) < 4.78 is 17.1. The summed E-state index contributed by atoms with van der Waals surface area (Å²) in [6.45, 7) is 8.69. The Morgan fingerprint density at radius 3 is 2.17 bits per heavy atom. The summed E-state index contributed by atoms with van der Waals surface area (Å²) in [6, 6.07) is 3.87. The number of likely N-dealkylation sites (N-methyl/N-ethyl adjacent to an activating group) is 1. The average Bonchev–Trinajstić information content (AvgIpc) is 3.06. The first kappa shape index (κ1) is 18.4. The van der Waals surface area contributed by atoms with Gasteiger partial charge >= 0.3 is 0 Å². The minimum absolute atomic E-state index is 0.00213. The van der Waals surface area contributed by atoms with E-state index in [0.717, 1.165) is 19.5 Å². The molecule has 0 spiro atoms. The van der Waals surface area contributed by atoms with E-state index in [0.29, 0.717) is 48.7 Å². The van der Waals surface area contributed by atoms with Crippen molar-refractivity contribution in [2.75, 3.05) is 40.0 Å². The lowest BCUT2D eigenvalue weighted by molar-refractivity contribution is 0.0788. The number of ether oxygens (including phenoxy) is 3. The monoisotopic (exact) mass is 336 g/mol. The molecule has 1 aliphatic rings. The van der Waals surface area contributed by atoms with Crippen LogP contribution in [0.3, 0.4) is 0 Å². The second-order valence-electron chi connectivity index (χ2n) is 5.63. The molecule has 1 unspecified atom stereocenters. The zero-order chi connectivity index (χ0) is 17.5. The van der Waals surface area contributed by atoms with Crippen molar-refractivity contribution in [1.82, 2.24) is 10.2 Å². The van der Waals surface area contributed by atoms with Gasteiger partial charge in [-0.1, -0.05) is 0 Å². The molecule has 6 nitrogen and oxygen atoms in total. The number of benzene rings is 1. The third-order valence-electron chi connectivity index (χ3n) is 4.04. The highest BCUT2D eigenvalue weighted by atomic mass is 16.5. The number of carbonyl (C=O) groups excluding carboxylic acids is 1. The number of nitrogens with zero attached hydrogens (tertiary/aromatic N) is 1. The highest BCUT2D eigenvalue weighted by Crippen LogP contribution is 2.39. The largest absolute Gasteiger partial charge is 0.490 e. The first-order valence-corrected chi connectivity index (χ1v) is 8.67. The van der Waals surface area contributed by atoms with Crippen LogP contribution in [0.15, 0.2) is 12.1 Å². The summed E-state index contributed by atoms with van der Waals surface area (Å²) in [7, 11) is 1.93. The summed E-state index contributed by atoms with van der Waals surface area (Å²) in [5, 5.41) is 3.23. The Morgan fingerprint density at radius 1 is 1.12 bits per heavy atom. The number of rotatable bonds is 8. The van der Waals surface area contributed by atoms with E-state index in [1.807, 2.05) is 32.7 Å². The number of hydrogen-bond donors (Lipinski definition) is 1. The van der Waals surface area contributed by atoms with E-state index < -0.39 is 0 Å². The van der Waals surface area contributed by atoms with Crippen molar-refractivity contribution in [3.05, 3.63) is 17.7 Å². The minimum atomic E-state index is -0.00213. The number of nitrogens with one attached hydrogen (secondary N) is 1. The van der Waals surface area contributed by atoms with Gasteiger partial charge in [-0.2, -0.15) is 0 Å². The van der Waals surface area contributed by atoms with Crippen molar-refractivity contribution in [3.8, 4) is 17.2 Å². The van der Waals surface area contributed by atoms with Crippen LogP contribution in [0, 0.1) is 0 Å². The summed E-state index contributed by atoms with van der Waals surface area (Å²) in [5.41, 5.74) is 0.571. The average molecular weight is 336 g/mol. The fourth-order valence-corrected chi connectivity index (χ4v) is 2.88. The van der Waals surface area contributed by atoms with Crippen molar-refractivity contribution in [2.24, 2.45) is 0 Å². The Kier molecular flexibility index (Phi) is 6.73. The molecule has 1 N–H and O–H groups in total. The normalized spacial score (nSPS) is 17.0. The van der Waals surface area contributed by atoms with E-state index in [4.69, 9.17) is 14.2 Å². The molecule has 1 aromatic rings.